The van der Waals surface area contributed by atoms with Crippen LogP contribution in [0.5, 0.6) is 0 Å². The summed E-state index contributed by atoms with van der Waals surface area (Å²) in [5.41, 5.74) is 10.3. The van der Waals surface area contributed by atoms with Crippen molar-refractivity contribution in [3.8, 4) is 0 Å². The molecule has 2 aliphatic heterocycles. The largest absolute Gasteiger partial charge is 0.397 e. The number of anilines is 3. The number of nitrogens with zero attached hydrogens (tertiary/aromatic N) is 2. The van der Waals surface area contributed by atoms with Crippen LogP contribution in [-0.2, 0) is 11.2 Å². The number of aryl methyl sites for hydroxylation is 1. The van der Waals surface area contributed by atoms with Crippen molar-refractivity contribution in [2.24, 2.45) is 0 Å². The Hall–Kier alpha value is -1.75. The molecule has 0 saturated carbocycles. The van der Waals surface area contributed by atoms with Gasteiger partial charge in [0.05, 0.1) is 11.4 Å². The van der Waals surface area contributed by atoms with Gasteiger partial charge in [-0.1, -0.05) is 0 Å². The predicted molar refractivity (Wildman–Crippen MR) is 86.7 cm³/mol. The van der Waals surface area contributed by atoms with Crippen LogP contribution in [0.25, 0.3) is 0 Å². The third-order valence-corrected chi connectivity index (χ3v) is 4.41. The van der Waals surface area contributed by atoms with Gasteiger partial charge in [-0.25, -0.2) is 0 Å². The highest BCUT2D eigenvalue weighted by Gasteiger charge is 2.28. The second kappa shape index (κ2) is 5.56. The van der Waals surface area contributed by atoms with Gasteiger partial charge in [-0.15, -0.1) is 0 Å². The van der Waals surface area contributed by atoms with Gasteiger partial charge in [0.15, 0.2) is 0 Å². The minimum atomic E-state index is 0.101. The number of nitrogen functional groups attached to an aromatic ring is 1. The van der Waals surface area contributed by atoms with Crippen LogP contribution in [-0.4, -0.2) is 44.0 Å². The summed E-state index contributed by atoms with van der Waals surface area (Å²) in [6.45, 7) is 2.07. The van der Waals surface area contributed by atoms with Crippen LogP contribution in [0.2, 0.25) is 0 Å². The van der Waals surface area contributed by atoms with E-state index in [0.29, 0.717) is 12.5 Å². The number of nitrogens with one attached hydrogen (secondary N) is 1. The maximum atomic E-state index is 11.6. The summed E-state index contributed by atoms with van der Waals surface area (Å²) in [6, 6.07) is 4.60. The van der Waals surface area contributed by atoms with Crippen LogP contribution in [0, 0.1) is 0 Å². The van der Waals surface area contributed by atoms with Crippen LogP contribution in [0.3, 0.4) is 0 Å². The lowest BCUT2D eigenvalue weighted by Crippen LogP contribution is -2.38. The summed E-state index contributed by atoms with van der Waals surface area (Å²) in [5.74, 6) is 0.101. The average Bonchev–Trinajstić information content (AvgIpc) is 2.85. The first-order chi connectivity index (χ1) is 10.0. The SMILES string of the molecule is CN(C)CC1CCCN1c1cc2c(cc1N)CCC(=O)N2. The number of hydrogen-bond donors (Lipinski definition) is 2. The Morgan fingerprint density at radius 3 is 2.95 bits per heavy atom. The molecule has 1 fully saturated rings. The topological polar surface area (TPSA) is 61.6 Å². The number of carbonyl (C=O) groups excluding carboxylic acids is 1. The van der Waals surface area contributed by atoms with Gasteiger partial charge in [0, 0.05) is 31.2 Å². The molecule has 1 unspecified atom stereocenters. The predicted octanol–water partition coefficient (Wildman–Crippen LogP) is 1.68. The summed E-state index contributed by atoms with van der Waals surface area (Å²) in [6.07, 6.45) is 3.73. The molecular formula is C16H24N4O. The van der Waals surface area contributed by atoms with E-state index in [4.69, 9.17) is 5.73 Å². The van der Waals surface area contributed by atoms with Crippen molar-refractivity contribution >= 4 is 23.0 Å². The van der Waals surface area contributed by atoms with E-state index in [1.807, 2.05) is 6.07 Å². The summed E-state index contributed by atoms with van der Waals surface area (Å²) in [4.78, 5) is 16.2. The van der Waals surface area contributed by atoms with E-state index in [0.717, 1.165) is 42.1 Å². The Morgan fingerprint density at radius 2 is 2.19 bits per heavy atom. The maximum absolute atomic E-state index is 11.6. The zero-order valence-electron chi connectivity index (χ0n) is 12.9. The highest BCUT2D eigenvalue weighted by Crippen LogP contribution is 2.36. The zero-order chi connectivity index (χ0) is 15.0. The first-order valence-corrected chi connectivity index (χ1v) is 7.68. The molecule has 5 nitrogen and oxygen atoms in total. The number of hydrogen-bond acceptors (Lipinski definition) is 4. The molecule has 114 valence electrons. The second-order valence-corrected chi connectivity index (χ2v) is 6.37. The van der Waals surface area contributed by atoms with Gasteiger partial charge in [0.2, 0.25) is 5.91 Å². The van der Waals surface area contributed by atoms with Crippen molar-refractivity contribution in [3.63, 3.8) is 0 Å². The molecule has 1 saturated heterocycles. The van der Waals surface area contributed by atoms with Crippen LogP contribution in [0.4, 0.5) is 17.1 Å². The van der Waals surface area contributed by atoms with E-state index in [2.05, 4.69) is 35.3 Å². The maximum Gasteiger partial charge on any atom is 0.224 e. The van der Waals surface area contributed by atoms with Crippen molar-refractivity contribution in [2.45, 2.75) is 31.7 Å². The van der Waals surface area contributed by atoms with Crippen LogP contribution >= 0.6 is 0 Å². The Morgan fingerprint density at radius 1 is 1.38 bits per heavy atom. The molecular weight excluding hydrogens is 264 g/mol. The Labute approximate surface area is 126 Å². The summed E-state index contributed by atoms with van der Waals surface area (Å²) in [5, 5.41) is 2.97. The number of rotatable bonds is 3. The molecule has 1 atom stereocenters. The van der Waals surface area contributed by atoms with Crippen molar-refractivity contribution in [1.29, 1.82) is 0 Å². The molecule has 5 heteroatoms. The van der Waals surface area contributed by atoms with Crippen molar-refractivity contribution in [2.75, 3.05) is 43.1 Å². The van der Waals surface area contributed by atoms with E-state index in [9.17, 15) is 4.79 Å². The van der Waals surface area contributed by atoms with Crippen molar-refractivity contribution in [3.05, 3.63) is 17.7 Å². The van der Waals surface area contributed by atoms with E-state index >= 15 is 0 Å². The van der Waals surface area contributed by atoms with Crippen LogP contribution in [0.1, 0.15) is 24.8 Å². The molecule has 21 heavy (non-hydrogen) atoms. The van der Waals surface area contributed by atoms with Crippen molar-refractivity contribution < 1.29 is 4.79 Å². The molecule has 0 radical (unpaired) electrons. The highest BCUT2D eigenvalue weighted by atomic mass is 16.1. The van der Waals surface area contributed by atoms with Crippen LogP contribution < -0.4 is 16.0 Å². The van der Waals surface area contributed by atoms with E-state index in [1.165, 1.54) is 12.8 Å². The minimum absolute atomic E-state index is 0.101. The van der Waals surface area contributed by atoms with Crippen LogP contribution in [0.15, 0.2) is 12.1 Å². The lowest BCUT2D eigenvalue weighted by atomic mass is 10.0. The summed E-state index contributed by atoms with van der Waals surface area (Å²) >= 11 is 0. The zero-order valence-corrected chi connectivity index (χ0v) is 12.9. The molecule has 3 N–H and O–H groups in total. The molecule has 1 aromatic rings. The monoisotopic (exact) mass is 288 g/mol. The number of amides is 1. The minimum Gasteiger partial charge on any atom is -0.397 e. The smallest absolute Gasteiger partial charge is 0.224 e. The molecule has 0 bridgehead atoms. The third-order valence-electron chi connectivity index (χ3n) is 4.41. The summed E-state index contributed by atoms with van der Waals surface area (Å²) in [7, 11) is 4.21. The van der Waals surface area contributed by atoms with Gasteiger partial charge in [-0.3, -0.25) is 4.79 Å². The van der Waals surface area contributed by atoms with Gasteiger partial charge >= 0.3 is 0 Å². The molecule has 3 rings (SSSR count). The standard InChI is InChI=1S/C16H24N4O/c1-19(2)10-12-4-3-7-20(12)15-9-14-11(8-13(15)17)5-6-16(21)18-14/h8-9,12H,3-7,10,17H2,1-2H3,(H,18,21). The highest BCUT2D eigenvalue weighted by molar-refractivity contribution is 5.95. The van der Waals surface area contributed by atoms with Crippen molar-refractivity contribution in [1.82, 2.24) is 4.90 Å². The lowest BCUT2D eigenvalue weighted by Gasteiger charge is -2.31. The number of benzene rings is 1. The van der Waals surface area contributed by atoms with Gasteiger partial charge in [0.25, 0.3) is 0 Å². The molecule has 1 amide bonds. The van der Waals surface area contributed by atoms with E-state index < -0.39 is 0 Å². The lowest BCUT2D eigenvalue weighted by molar-refractivity contribution is -0.116. The molecule has 2 heterocycles. The average molecular weight is 288 g/mol. The first-order valence-electron chi connectivity index (χ1n) is 7.68. The number of fused-ring (bicyclic) bond motifs is 1. The quantitative estimate of drug-likeness (QED) is 0.831. The van der Waals surface area contributed by atoms with Gasteiger partial charge in [-0.05, 0) is 51.1 Å². The fourth-order valence-corrected chi connectivity index (χ4v) is 3.45. The molecule has 1 aromatic carbocycles. The normalized spacial score (nSPS) is 21.6. The molecule has 0 spiro atoms. The van der Waals surface area contributed by atoms with E-state index in [-0.39, 0.29) is 5.91 Å². The molecule has 2 aliphatic rings. The van der Waals surface area contributed by atoms with Gasteiger partial charge < -0.3 is 20.9 Å². The Kier molecular flexibility index (Phi) is 3.76. The number of carbonyl (C=O) groups is 1. The van der Waals surface area contributed by atoms with Gasteiger partial charge in [-0.2, -0.15) is 0 Å². The summed E-state index contributed by atoms with van der Waals surface area (Å²) < 4.78 is 0. The second-order valence-electron chi connectivity index (χ2n) is 6.37. The third kappa shape index (κ3) is 2.83. The number of likely N-dealkylation sites (N-methyl/N-ethyl adjacent to an activating group) is 1. The fraction of sp³-hybridized carbons (Fsp3) is 0.562. The van der Waals surface area contributed by atoms with Gasteiger partial charge in [0.1, 0.15) is 0 Å². The Balaban J connectivity index is 1.91. The Bertz CT molecular complexity index is 555. The molecule has 0 aromatic heterocycles. The number of nitrogens with two attached hydrogens (primary N) is 1. The van der Waals surface area contributed by atoms with E-state index in [1.54, 1.807) is 0 Å². The first kappa shape index (κ1) is 14.2. The fourth-order valence-electron chi connectivity index (χ4n) is 3.45. The molecule has 0 aliphatic carbocycles.